The second-order valence-corrected chi connectivity index (χ2v) is 3.91. The molecule has 12 heavy (non-hydrogen) atoms. The molecule has 3 atom stereocenters. The van der Waals surface area contributed by atoms with Crippen molar-refractivity contribution in [2.45, 2.75) is 45.2 Å². The first-order valence-electron chi connectivity index (χ1n) is 4.65. The van der Waals surface area contributed by atoms with Gasteiger partial charge in [0.15, 0.2) is 0 Å². The quantitative estimate of drug-likeness (QED) is 0.639. The SMILES string of the molecule is CC1CCC(NC(=O)[C@@H](C)N)C1. The minimum Gasteiger partial charge on any atom is -0.352 e. The summed E-state index contributed by atoms with van der Waals surface area (Å²) in [5.74, 6) is 0.734. The van der Waals surface area contributed by atoms with E-state index in [1.165, 1.54) is 6.42 Å². The summed E-state index contributed by atoms with van der Waals surface area (Å²) in [6, 6.07) is -0.000550. The molecule has 1 amide bonds. The Bertz CT molecular complexity index is 168. The molecular weight excluding hydrogens is 152 g/mol. The maximum Gasteiger partial charge on any atom is 0.236 e. The van der Waals surface area contributed by atoms with Crippen molar-refractivity contribution in [3.8, 4) is 0 Å². The van der Waals surface area contributed by atoms with Crippen LogP contribution >= 0.6 is 0 Å². The second kappa shape index (κ2) is 3.90. The van der Waals surface area contributed by atoms with E-state index < -0.39 is 0 Å². The van der Waals surface area contributed by atoms with Gasteiger partial charge in [-0.2, -0.15) is 0 Å². The first kappa shape index (κ1) is 9.52. The highest BCUT2D eigenvalue weighted by Crippen LogP contribution is 2.24. The molecule has 0 aromatic carbocycles. The van der Waals surface area contributed by atoms with Gasteiger partial charge in [-0.05, 0) is 32.1 Å². The summed E-state index contributed by atoms with van der Waals surface area (Å²) >= 11 is 0. The van der Waals surface area contributed by atoms with Crippen molar-refractivity contribution in [3.05, 3.63) is 0 Å². The van der Waals surface area contributed by atoms with Gasteiger partial charge >= 0.3 is 0 Å². The number of hydrogen-bond acceptors (Lipinski definition) is 2. The minimum atomic E-state index is -0.374. The van der Waals surface area contributed by atoms with Crippen molar-refractivity contribution in [1.82, 2.24) is 5.32 Å². The first-order chi connectivity index (χ1) is 5.59. The standard InChI is InChI=1S/C9H18N2O/c1-6-3-4-8(5-6)11-9(12)7(2)10/h6-8H,3-5,10H2,1-2H3,(H,11,12)/t6?,7-,8?/m1/s1. The van der Waals surface area contributed by atoms with E-state index in [9.17, 15) is 4.79 Å². The Morgan fingerprint density at radius 3 is 2.67 bits per heavy atom. The van der Waals surface area contributed by atoms with Crippen molar-refractivity contribution in [2.24, 2.45) is 11.7 Å². The number of nitrogens with two attached hydrogens (primary N) is 1. The van der Waals surface area contributed by atoms with E-state index in [2.05, 4.69) is 12.2 Å². The van der Waals surface area contributed by atoms with E-state index in [1.54, 1.807) is 6.92 Å². The number of nitrogens with one attached hydrogen (secondary N) is 1. The van der Waals surface area contributed by atoms with E-state index >= 15 is 0 Å². The fraction of sp³-hybridized carbons (Fsp3) is 0.889. The average molecular weight is 170 g/mol. The summed E-state index contributed by atoms with van der Waals surface area (Å²) in [5.41, 5.74) is 5.44. The van der Waals surface area contributed by atoms with Gasteiger partial charge in [0.2, 0.25) is 5.91 Å². The third kappa shape index (κ3) is 2.48. The van der Waals surface area contributed by atoms with E-state index in [0.717, 1.165) is 18.8 Å². The zero-order chi connectivity index (χ0) is 9.14. The molecule has 1 fully saturated rings. The largest absolute Gasteiger partial charge is 0.352 e. The molecule has 3 N–H and O–H groups in total. The topological polar surface area (TPSA) is 55.1 Å². The van der Waals surface area contributed by atoms with Crippen molar-refractivity contribution in [2.75, 3.05) is 0 Å². The zero-order valence-corrected chi connectivity index (χ0v) is 7.84. The van der Waals surface area contributed by atoms with Crippen molar-refractivity contribution in [1.29, 1.82) is 0 Å². The van der Waals surface area contributed by atoms with Crippen LogP contribution in [-0.2, 0) is 4.79 Å². The van der Waals surface area contributed by atoms with Crippen molar-refractivity contribution in [3.63, 3.8) is 0 Å². The fourth-order valence-corrected chi connectivity index (χ4v) is 1.67. The summed E-state index contributed by atoms with van der Waals surface area (Å²) in [6.07, 6.45) is 3.45. The van der Waals surface area contributed by atoms with Gasteiger partial charge in [-0.1, -0.05) is 6.92 Å². The number of amides is 1. The molecule has 70 valence electrons. The molecule has 1 aliphatic carbocycles. The second-order valence-electron chi connectivity index (χ2n) is 3.91. The predicted molar refractivity (Wildman–Crippen MR) is 48.6 cm³/mol. The summed E-state index contributed by atoms with van der Waals surface area (Å²) in [6.45, 7) is 3.94. The van der Waals surface area contributed by atoms with Gasteiger partial charge in [0.05, 0.1) is 6.04 Å². The minimum absolute atomic E-state index is 0.0194. The molecule has 3 heteroatoms. The van der Waals surface area contributed by atoms with Gasteiger partial charge in [0.25, 0.3) is 0 Å². The third-order valence-corrected chi connectivity index (χ3v) is 2.45. The molecule has 0 aliphatic heterocycles. The Morgan fingerprint density at radius 1 is 1.58 bits per heavy atom. The third-order valence-electron chi connectivity index (χ3n) is 2.45. The van der Waals surface area contributed by atoms with Gasteiger partial charge in [0.1, 0.15) is 0 Å². The van der Waals surface area contributed by atoms with Gasteiger partial charge in [-0.3, -0.25) is 4.79 Å². The van der Waals surface area contributed by atoms with Gasteiger partial charge in [0, 0.05) is 6.04 Å². The Morgan fingerprint density at radius 2 is 2.25 bits per heavy atom. The summed E-state index contributed by atoms with van der Waals surface area (Å²) in [5, 5.41) is 2.94. The van der Waals surface area contributed by atoms with Crippen LogP contribution in [0.4, 0.5) is 0 Å². The lowest BCUT2D eigenvalue weighted by Crippen LogP contribution is -2.42. The van der Waals surface area contributed by atoms with Gasteiger partial charge < -0.3 is 11.1 Å². The molecule has 0 saturated heterocycles. The number of hydrogen-bond donors (Lipinski definition) is 2. The van der Waals surface area contributed by atoms with E-state index in [4.69, 9.17) is 5.73 Å². The Kier molecular flexibility index (Phi) is 3.09. The Labute approximate surface area is 73.7 Å². The molecule has 3 nitrogen and oxygen atoms in total. The first-order valence-corrected chi connectivity index (χ1v) is 4.65. The lowest BCUT2D eigenvalue weighted by atomic mass is 10.1. The van der Waals surface area contributed by atoms with Crippen molar-refractivity contribution >= 4 is 5.91 Å². The van der Waals surface area contributed by atoms with Crippen LogP contribution in [0.25, 0.3) is 0 Å². The lowest BCUT2D eigenvalue weighted by molar-refractivity contribution is -0.122. The smallest absolute Gasteiger partial charge is 0.236 e. The number of carbonyl (C=O) groups is 1. The maximum atomic E-state index is 11.2. The molecule has 0 spiro atoms. The van der Waals surface area contributed by atoms with Crippen molar-refractivity contribution < 1.29 is 4.79 Å². The van der Waals surface area contributed by atoms with Crippen LogP contribution in [0.3, 0.4) is 0 Å². The van der Waals surface area contributed by atoms with E-state index in [0.29, 0.717) is 6.04 Å². The number of carbonyl (C=O) groups excluding carboxylic acids is 1. The normalized spacial score (nSPS) is 31.6. The van der Waals surface area contributed by atoms with Gasteiger partial charge in [-0.25, -0.2) is 0 Å². The zero-order valence-electron chi connectivity index (χ0n) is 7.84. The van der Waals surface area contributed by atoms with E-state index in [1.807, 2.05) is 0 Å². The fourth-order valence-electron chi connectivity index (χ4n) is 1.67. The molecule has 0 aromatic rings. The van der Waals surface area contributed by atoms with Crippen LogP contribution in [0.15, 0.2) is 0 Å². The summed E-state index contributed by atoms with van der Waals surface area (Å²) in [4.78, 5) is 11.2. The maximum absolute atomic E-state index is 11.2. The highest BCUT2D eigenvalue weighted by Gasteiger charge is 2.23. The van der Waals surface area contributed by atoms with Crippen LogP contribution in [0.5, 0.6) is 0 Å². The summed E-state index contributed by atoms with van der Waals surface area (Å²) < 4.78 is 0. The molecule has 0 radical (unpaired) electrons. The molecule has 0 heterocycles. The molecule has 1 aliphatic rings. The van der Waals surface area contributed by atoms with Crippen LogP contribution < -0.4 is 11.1 Å². The molecular formula is C9H18N2O. The predicted octanol–water partition coefficient (Wildman–Crippen LogP) is 0.638. The Hall–Kier alpha value is -0.570. The van der Waals surface area contributed by atoms with Crippen LogP contribution in [0.2, 0.25) is 0 Å². The van der Waals surface area contributed by atoms with Crippen LogP contribution in [0.1, 0.15) is 33.1 Å². The molecule has 1 saturated carbocycles. The molecule has 0 aromatic heterocycles. The molecule has 1 rings (SSSR count). The highest BCUT2D eigenvalue weighted by molar-refractivity contribution is 5.81. The van der Waals surface area contributed by atoms with Gasteiger partial charge in [-0.15, -0.1) is 0 Å². The van der Waals surface area contributed by atoms with E-state index in [-0.39, 0.29) is 11.9 Å². The Balaban J connectivity index is 2.28. The summed E-state index contributed by atoms with van der Waals surface area (Å²) in [7, 11) is 0. The van der Waals surface area contributed by atoms with Crippen LogP contribution in [-0.4, -0.2) is 18.0 Å². The molecule has 2 unspecified atom stereocenters. The number of rotatable bonds is 2. The van der Waals surface area contributed by atoms with Crippen LogP contribution in [0, 0.1) is 5.92 Å². The molecule has 0 bridgehead atoms. The average Bonchev–Trinajstić information content (AvgIpc) is 2.35. The monoisotopic (exact) mass is 170 g/mol. The lowest BCUT2D eigenvalue weighted by Gasteiger charge is -2.13. The highest BCUT2D eigenvalue weighted by atomic mass is 16.2.